The lowest BCUT2D eigenvalue weighted by molar-refractivity contribution is -0.385. The Labute approximate surface area is 226 Å². The lowest BCUT2D eigenvalue weighted by atomic mass is 10.0. The van der Waals surface area contributed by atoms with Crippen LogP contribution in [0.15, 0.2) is 42.5 Å². The lowest BCUT2D eigenvalue weighted by Gasteiger charge is -2.34. The minimum Gasteiger partial charge on any atom is -0.490 e. The first-order valence-corrected chi connectivity index (χ1v) is 13.2. The molecule has 0 radical (unpaired) electrons. The van der Waals surface area contributed by atoms with Crippen LogP contribution in [0.3, 0.4) is 0 Å². The number of hydrogen-bond acceptors (Lipinski definition) is 7. The van der Waals surface area contributed by atoms with E-state index in [1.54, 1.807) is 12.1 Å². The van der Waals surface area contributed by atoms with E-state index in [-0.39, 0.29) is 36.9 Å². The number of piperidine rings is 2. The first-order chi connectivity index (χ1) is 17.9. The van der Waals surface area contributed by atoms with Crippen LogP contribution in [0.2, 0.25) is 0 Å². The second-order valence-electron chi connectivity index (χ2n) is 10.0. The standard InChI is InChI=1S/C28H38N4O5.CH4/c1-21-3-5-22(6-4-21)20-37-25-11-14-30(15-12-25)16-13-28(33)31-17-9-23(10-18-31)29-24-7-8-26(32(34)35)27(19-24)36-2;/h3-8,19,23,25,29H,9-18,20H2,1-2H3;1H4. The SMILES string of the molecule is C.COc1cc(NC2CCN(C(=O)CCN3CCC(OCc4ccc(C)cc4)CC3)CC2)ccc1[N+](=O)[O-]. The van der Waals surface area contributed by atoms with Crippen molar-refractivity contribution < 1.29 is 19.2 Å². The molecule has 2 aliphatic heterocycles. The molecule has 0 bridgehead atoms. The quantitative estimate of drug-likeness (QED) is 0.343. The summed E-state index contributed by atoms with van der Waals surface area (Å²) in [6.07, 6.45) is 4.53. The Bertz CT molecular complexity index is 1050. The molecular formula is C29H42N4O5. The van der Waals surface area contributed by atoms with Crippen molar-refractivity contribution in [2.45, 2.75) is 65.2 Å². The van der Waals surface area contributed by atoms with Crippen molar-refractivity contribution in [1.82, 2.24) is 9.80 Å². The largest absolute Gasteiger partial charge is 0.490 e. The maximum Gasteiger partial charge on any atom is 0.311 e. The van der Waals surface area contributed by atoms with Crippen LogP contribution < -0.4 is 10.1 Å². The topological polar surface area (TPSA) is 97.2 Å². The zero-order chi connectivity index (χ0) is 26.2. The summed E-state index contributed by atoms with van der Waals surface area (Å²) in [4.78, 5) is 27.8. The number of aryl methyl sites for hydroxylation is 1. The average Bonchev–Trinajstić information content (AvgIpc) is 2.92. The van der Waals surface area contributed by atoms with Crippen molar-refractivity contribution in [3.8, 4) is 5.75 Å². The molecule has 38 heavy (non-hydrogen) atoms. The highest BCUT2D eigenvalue weighted by Gasteiger charge is 2.25. The van der Waals surface area contributed by atoms with Crippen LogP contribution in [0.1, 0.15) is 50.7 Å². The van der Waals surface area contributed by atoms with Crippen LogP contribution in [0.5, 0.6) is 5.75 Å². The molecule has 2 aromatic rings. The van der Waals surface area contributed by atoms with E-state index in [0.717, 1.165) is 64.1 Å². The van der Waals surface area contributed by atoms with Crippen molar-refractivity contribution >= 4 is 17.3 Å². The van der Waals surface area contributed by atoms with Gasteiger partial charge in [-0.15, -0.1) is 0 Å². The molecule has 1 N–H and O–H groups in total. The number of methoxy groups -OCH3 is 1. The molecule has 0 spiro atoms. The van der Waals surface area contributed by atoms with Gasteiger partial charge in [0.1, 0.15) is 0 Å². The summed E-state index contributed by atoms with van der Waals surface area (Å²) in [5.74, 6) is 0.456. The third kappa shape index (κ3) is 8.16. The van der Waals surface area contributed by atoms with Gasteiger partial charge < -0.3 is 24.6 Å². The smallest absolute Gasteiger partial charge is 0.311 e. The predicted octanol–water partition coefficient (Wildman–Crippen LogP) is 5.02. The van der Waals surface area contributed by atoms with Gasteiger partial charge in [-0.3, -0.25) is 14.9 Å². The first kappa shape index (κ1) is 29.4. The molecule has 208 valence electrons. The highest BCUT2D eigenvalue weighted by atomic mass is 16.6. The van der Waals surface area contributed by atoms with E-state index in [9.17, 15) is 14.9 Å². The van der Waals surface area contributed by atoms with Crippen LogP contribution in [-0.4, -0.2) is 72.6 Å². The van der Waals surface area contributed by atoms with Gasteiger partial charge >= 0.3 is 5.69 Å². The van der Waals surface area contributed by atoms with Crippen molar-refractivity contribution in [1.29, 1.82) is 0 Å². The van der Waals surface area contributed by atoms with Gasteiger partial charge in [0.05, 0.1) is 24.7 Å². The number of anilines is 1. The average molecular weight is 527 g/mol. The summed E-state index contributed by atoms with van der Waals surface area (Å²) < 4.78 is 11.3. The van der Waals surface area contributed by atoms with E-state index < -0.39 is 4.92 Å². The van der Waals surface area contributed by atoms with Gasteiger partial charge in [-0.1, -0.05) is 37.3 Å². The number of amides is 1. The molecule has 9 heteroatoms. The zero-order valence-electron chi connectivity index (χ0n) is 21.9. The normalized spacial score (nSPS) is 17.1. The van der Waals surface area contributed by atoms with Crippen molar-refractivity contribution in [2.75, 3.05) is 45.2 Å². The number of benzene rings is 2. The number of nitrogens with one attached hydrogen (secondary N) is 1. The first-order valence-electron chi connectivity index (χ1n) is 13.2. The summed E-state index contributed by atoms with van der Waals surface area (Å²) in [7, 11) is 1.43. The van der Waals surface area contributed by atoms with Gasteiger partial charge in [-0.05, 0) is 44.2 Å². The summed E-state index contributed by atoms with van der Waals surface area (Å²) in [6.45, 7) is 6.92. The highest BCUT2D eigenvalue weighted by Crippen LogP contribution is 2.30. The summed E-state index contributed by atoms with van der Waals surface area (Å²) in [5.41, 5.74) is 3.21. The van der Waals surface area contributed by atoms with E-state index in [0.29, 0.717) is 13.0 Å². The van der Waals surface area contributed by atoms with Crippen molar-refractivity contribution in [3.05, 3.63) is 63.7 Å². The molecule has 9 nitrogen and oxygen atoms in total. The van der Waals surface area contributed by atoms with E-state index in [1.165, 1.54) is 24.3 Å². The Balaban J connectivity index is 0.00000400. The fourth-order valence-corrected chi connectivity index (χ4v) is 5.04. The monoisotopic (exact) mass is 526 g/mol. The van der Waals surface area contributed by atoms with Crippen molar-refractivity contribution in [2.24, 2.45) is 0 Å². The van der Waals surface area contributed by atoms with Gasteiger partial charge in [0.25, 0.3) is 0 Å². The molecule has 2 heterocycles. The number of nitrogens with zero attached hydrogens (tertiary/aromatic N) is 3. The number of carbonyl (C=O) groups excluding carboxylic acids is 1. The molecule has 0 atom stereocenters. The molecule has 2 aromatic carbocycles. The van der Waals surface area contributed by atoms with Crippen LogP contribution in [0.25, 0.3) is 0 Å². The van der Waals surface area contributed by atoms with E-state index in [1.807, 2.05) is 4.90 Å². The van der Waals surface area contributed by atoms with Gasteiger partial charge in [0, 0.05) is 63.0 Å². The second kappa shape index (κ2) is 14.1. The highest BCUT2D eigenvalue weighted by molar-refractivity contribution is 5.76. The molecule has 0 saturated carbocycles. The number of nitro groups is 1. The second-order valence-corrected chi connectivity index (χ2v) is 10.0. The van der Waals surface area contributed by atoms with Crippen molar-refractivity contribution in [3.63, 3.8) is 0 Å². The summed E-state index contributed by atoms with van der Waals surface area (Å²) in [5, 5.41) is 14.5. The minimum absolute atomic E-state index is 0. The third-order valence-corrected chi connectivity index (χ3v) is 7.38. The molecule has 2 aliphatic rings. The Morgan fingerprint density at radius 2 is 1.74 bits per heavy atom. The zero-order valence-corrected chi connectivity index (χ0v) is 21.9. The van der Waals surface area contributed by atoms with E-state index in [2.05, 4.69) is 41.4 Å². The fraction of sp³-hybridized carbons (Fsp3) is 0.552. The van der Waals surface area contributed by atoms with Crippen LogP contribution in [0.4, 0.5) is 11.4 Å². The molecule has 0 aromatic heterocycles. The maximum absolute atomic E-state index is 12.8. The summed E-state index contributed by atoms with van der Waals surface area (Å²) >= 11 is 0. The van der Waals surface area contributed by atoms with Gasteiger partial charge in [-0.2, -0.15) is 0 Å². The minimum atomic E-state index is -0.449. The van der Waals surface area contributed by atoms with Crippen LogP contribution in [-0.2, 0) is 16.1 Å². The van der Waals surface area contributed by atoms with Crippen LogP contribution >= 0.6 is 0 Å². The molecule has 1 amide bonds. The Morgan fingerprint density at radius 1 is 1.05 bits per heavy atom. The number of likely N-dealkylation sites (tertiary alicyclic amines) is 2. The van der Waals surface area contributed by atoms with E-state index >= 15 is 0 Å². The van der Waals surface area contributed by atoms with Gasteiger partial charge in [-0.25, -0.2) is 0 Å². The molecule has 0 unspecified atom stereocenters. The van der Waals surface area contributed by atoms with Gasteiger partial charge in [0.15, 0.2) is 5.75 Å². The Hall–Kier alpha value is -3.17. The molecule has 2 fully saturated rings. The fourth-order valence-electron chi connectivity index (χ4n) is 5.04. The Kier molecular flexibility index (Phi) is 10.9. The third-order valence-electron chi connectivity index (χ3n) is 7.38. The number of ether oxygens (including phenoxy) is 2. The van der Waals surface area contributed by atoms with E-state index in [4.69, 9.17) is 9.47 Å². The lowest BCUT2D eigenvalue weighted by Crippen LogP contribution is -2.44. The van der Waals surface area contributed by atoms with Crippen LogP contribution in [0, 0.1) is 17.0 Å². The molecular weight excluding hydrogens is 484 g/mol. The number of hydrogen-bond donors (Lipinski definition) is 1. The number of rotatable bonds is 10. The number of nitro benzene ring substituents is 1. The Morgan fingerprint density at radius 3 is 2.37 bits per heavy atom. The number of carbonyl (C=O) groups is 1. The molecule has 4 rings (SSSR count). The predicted molar refractivity (Wildman–Crippen MR) is 150 cm³/mol. The molecule has 0 aliphatic carbocycles. The van der Waals surface area contributed by atoms with Gasteiger partial charge in [0.2, 0.25) is 5.91 Å². The molecule has 2 saturated heterocycles. The maximum atomic E-state index is 12.8. The summed E-state index contributed by atoms with van der Waals surface area (Å²) in [6, 6.07) is 13.5.